The molecule has 0 unspecified atom stereocenters. The normalized spacial score (nSPS) is 11.8. The Morgan fingerprint density at radius 2 is 1.89 bits per heavy atom. The second kappa shape index (κ2) is 6.99. The summed E-state index contributed by atoms with van der Waals surface area (Å²) in [4.78, 5) is 10.9. The zero-order chi connectivity index (χ0) is 14.4. The Bertz CT molecular complexity index is 442. The van der Waals surface area contributed by atoms with Crippen molar-refractivity contribution in [2.24, 2.45) is 0 Å². The molecule has 0 aromatic heterocycles. The molecule has 0 bridgehead atoms. The van der Waals surface area contributed by atoms with Crippen molar-refractivity contribution in [2.45, 2.75) is 19.8 Å². The third kappa shape index (κ3) is 3.86. The molecule has 1 aromatic carbocycles. The predicted molar refractivity (Wildman–Crippen MR) is 70.7 cm³/mol. The lowest BCUT2D eigenvalue weighted by Gasteiger charge is -2.19. The summed E-state index contributed by atoms with van der Waals surface area (Å²) in [6.07, 6.45) is 0. The molecule has 1 rings (SSSR count). The molecule has 5 nitrogen and oxygen atoms in total. The Hall–Kier alpha value is -1.75. The summed E-state index contributed by atoms with van der Waals surface area (Å²) in [6, 6.07) is 3.64. The first kappa shape index (κ1) is 15.3. The van der Waals surface area contributed by atoms with Crippen molar-refractivity contribution >= 4 is 5.97 Å². The van der Waals surface area contributed by atoms with Crippen LogP contribution in [0.15, 0.2) is 12.1 Å². The summed E-state index contributed by atoms with van der Waals surface area (Å²) < 4.78 is 15.5. The molecule has 0 aliphatic carbocycles. The van der Waals surface area contributed by atoms with Crippen molar-refractivity contribution in [3.05, 3.63) is 23.3 Å². The number of aliphatic hydroxyl groups excluding tert-OH is 1. The minimum Gasteiger partial charge on any atom is -0.496 e. The summed E-state index contributed by atoms with van der Waals surface area (Å²) >= 11 is 0. The summed E-state index contributed by atoms with van der Waals surface area (Å²) in [7, 11) is 3.14. The Morgan fingerprint density at radius 1 is 1.26 bits per heavy atom. The van der Waals surface area contributed by atoms with Crippen LogP contribution in [0.1, 0.15) is 24.0 Å². The third-order valence-corrected chi connectivity index (χ3v) is 2.90. The number of aryl methyl sites for hydroxylation is 1. The molecule has 1 aromatic rings. The van der Waals surface area contributed by atoms with Gasteiger partial charge < -0.3 is 19.3 Å². The molecule has 5 heteroatoms. The van der Waals surface area contributed by atoms with E-state index in [2.05, 4.69) is 0 Å². The maximum atomic E-state index is 10.9. The minimum atomic E-state index is -0.378. The van der Waals surface area contributed by atoms with Gasteiger partial charge in [0, 0.05) is 18.4 Å². The van der Waals surface area contributed by atoms with Gasteiger partial charge in [0.25, 0.3) is 0 Å². The topological polar surface area (TPSA) is 65.0 Å². The van der Waals surface area contributed by atoms with E-state index in [0.29, 0.717) is 11.5 Å². The van der Waals surface area contributed by atoms with Crippen LogP contribution in [-0.4, -0.2) is 38.5 Å². The van der Waals surface area contributed by atoms with Gasteiger partial charge >= 0.3 is 5.97 Å². The van der Waals surface area contributed by atoms with Crippen LogP contribution in [0.5, 0.6) is 11.5 Å². The van der Waals surface area contributed by atoms with Gasteiger partial charge in [0.2, 0.25) is 0 Å². The van der Waals surface area contributed by atoms with Gasteiger partial charge in [0.05, 0.1) is 20.8 Å². The second-order valence-corrected chi connectivity index (χ2v) is 4.25. The molecule has 0 fully saturated rings. The van der Waals surface area contributed by atoms with E-state index in [-0.39, 0.29) is 25.1 Å². The highest BCUT2D eigenvalue weighted by Crippen LogP contribution is 2.33. The number of carbonyl (C=O) groups excluding carboxylic acids is 1. The molecule has 1 atom stereocenters. The van der Waals surface area contributed by atoms with Crippen molar-refractivity contribution < 1.29 is 24.1 Å². The highest BCUT2D eigenvalue weighted by atomic mass is 16.5. The van der Waals surface area contributed by atoms with Gasteiger partial charge in [-0.15, -0.1) is 0 Å². The van der Waals surface area contributed by atoms with Crippen LogP contribution in [0.4, 0.5) is 0 Å². The van der Waals surface area contributed by atoms with E-state index in [1.165, 1.54) is 6.92 Å². The maximum absolute atomic E-state index is 10.9. The molecule has 1 N–H and O–H groups in total. The molecule has 0 aliphatic heterocycles. The number of rotatable bonds is 6. The van der Waals surface area contributed by atoms with Crippen molar-refractivity contribution in [1.82, 2.24) is 0 Å². The van der Waals surface area contributed by atoms with Crippen LogP contribution in [0.2, 0.25) is 0 Å². The van der Waals surface area contributed by atoms with Gasteiger partial charge in [-0.05, 0) is 24.6 Å². The van der Waals surface area contributed by atoms with Gasteiger partial charge in [0.1, 0.15) is 18.1 Å². The zero-order valence-electron chi connectivity index (χ0n) is 11.7. The number of hydrogen-bond donors (Lipinski definition) is 1. The highest BCUT2D eigenvalue weighted by molar-refractivity contribution is 5.66. The number of benzene rings is 1. The van der Waals surface area contributed by atoms with E-state index in [1.807, 2.05) is 13.0 Å². The van der Waals surface area contributed by atoms with E-state index in [4.69, 9.17) is 14.2 Å². The Labute approximate surface area is 113 Å². The molecular formula is C14H20O5. The van der Waals surface area contributed by atoms with Crippen LogP contribution < -0.4 is 9.47 Å². The van der Waals surface area contributed by atoms with Crippen LogP contribution in [0.3, 0.4) is 0 Å². The maximum Gasteiger partial charge on any atom is 0.302 e. The van der Waals surface area contributed by atoms with Crippen LogP contribution >= 0.6 is 0 Å². The average molecular weight is 268 g/mol. The van der Waals surface area contributed by atoms with E-state index in [1.54, 1.807) is 20.3 Å². The van der Waals surface area contributed by atoms with Gasteiger partial charge in [-0.2, -0.15) is 0 Å². The lowest BCUT2D eigenvalue weighted by Crippen LogP contribution is -2.15. The van der Waals surface area contributed by atoms with Crippen LogP contribution in [-0.2, 0) is 9.53 Å². The fourth-order valence-corrected chi connectivity index (χ4v) is 1.85. The van der Waals surface area contributed by atoms with Gasteiger partial charge in [-0.25, -0.2) is 0 Å². The SMILES string of the molecule is COc1cc([C@H](CO)COC(C)=O)c(OC)cc1C. The zero-order valence-corrected chi connectivity index (χ0v) is 11.7. The summed E-state index contributed by atoms with van der Waals surface area (Å²) in [5.41, 5.74) is 1.70. The number of aliphatic hydroxyl groups is 1. The molecule has 0 heterocycles. The number of hydrogen-bond acceptors (Lipinski definition) is 5. The Kier molecular flexibility index (Phi) is 5.63. The standard InChI is InChI=1S/C14H20O5/c1-9-5-14(18-4)12(6-13(9)17-3)11(7-15)8-19-10(2)16/h5-6,11,15H,7-8H2,1-4H3/t11-/m1/s1. The quantitative estimate of drug-likeness (QED) is 0.795. The number of carbonyl (C=O) groups is 1. The van der Waals surface area contributed by atoms with Gasteiger partial charge in [-0.1, -0.05) is 0 Å². The molecule has 0 saturated heterocycles. The first-order chi connectivity index (χ1) is 9.03. The number of methoxy groups -OCH3 is 2. The molecule has 0 spiro atoms. The van der Waals surface area contributed by atoms with Gasteiger partial charge in [-0.3, -0.25) is 4.79 Å². The summed E-state index contributed by atoms with van der Waals surface area (Å²) in [5, 5.41) is 9.46. The van der Waals surface area contributed by atoms with Crippen molar-refractivity contribution in [3.63, 3.8) is 0 Å². The average Bonchev–Trinajstić information content (AvgIpc) is 2.39. The van der Waals surface area contributed by atoms with E-state index in [9.17, 15) is 9.90 Å². The van der Waals surface area contributed by atoms with Crippen LogP contribution in [0.25, 0.3) is 0 Å². The number of esters is 1. The Morgan fingerprint density at radius 3 is 2.37 bits per heavy atom. The number of ether oxygens (including phenoxy) is 3. The first-order valence-corrected chi connectivity index (χ1v) is 6.00. The van der Waals surface area contributed by atoms with Crippen LogP contribution in [0, 0.1) is 6.92 Å². The van der Waals surface area contributed by atoms with E-state index >= 15 is 0 Å². The third-order valence-electron chi connectivity index (χ3n) is 2.90. The lowest BCUT2D eigenvalue weighted by atomic mass is 9.97. The lowest BCUT2D eigenvalue weighted by molar-refractivity contribution is -0.141. The smallest absolute Gasteiger partial charge is 0.302 e. The summed E-state index contributed by atoms with van der Waals surface area (Å²) in [6.45, 7) is 3.21. The second-order valence-electron chi connectivity index (χ2n) is 4.25. The first-order valence-electron chi connectivity index (χ1n) is 6.00. The fourth-order valence-electron chi connectivity index (χ4n) is 1.85. The van der Waals surface area contributed by atoms with Gasteiger partial charge in [0.15, 0.2) is 0 Å². The van der Waals surface area contributed by atoms with Crippen molar-refractivity contribution in [2.75, 3.05) is 27.4 Å². The molecule has 19 heavy (non-hydrogen) atoms. The largest absolute Gasteiger partial charge is 0.496 e. The summed E-state index contributed by atoms with van der Waals surface area (Å²) in [5.74, 6) is 0.631. The molecule has 106 valence electrons. The minimum absolute atomic E-state index is 0.106. The molecular weight excluding hydrogens is 248 g/mol. The highest BCUT2D eigenvalue weighted by Gasteiger charge is 2.19. The molecule has 0 amide bonds. The predicted octanol–water partition coefficient (Wildman–Crippen LogP) is 1.65. The molecule has 0 radical (unpaired) electrons. The Balaban J connectivity index is 3.09. The van der Waals surface area contributed by atoms with E-state index in [0.717, 1.165) is 11.1 Å². The monoisotopic (exact) mass is 268 g/mol. The van der Waals surface area contributed by atoms with Crippen molar-refractivity contribution in [1.29, 1.82) is 0 Å². The fraction of sp³-hybridized carbons (Fsp3) is 0.500. The van der Waals surface area contributed by atoms with Crippen molar-refractivity contribution in [3.8, 4) is 11.5 Å². The molecule has 0 saturated carbocycles. The van der Waals surface area contributed by atoms with E-state index < -0.39 is 0 Å². The molecule has 0 aliphatic rings.